The number of para-hydroxylation sites is 1. The number of fused-ring (bicyclic) bond motifs is 1. The number of amides is 3. The van der Waals surface area contributed by atoms with E-state index >= 15 is 0 Å². The Balaban J connectivity index is 0.000000617. The second kappa shape index (κ2) is 13.8. The van der Waals surface area contributed by atoms with Gasteiger partial charge < -0.3 is 20.8 Å². The zero-order chi connectivity index (χ0) is 33.8. The minimum atomic E-state index is -5.08. The zero-order valence-electron chi connectivity index (χ0n) is 23.8. The maximum Gasteiger partial charge on any atom is 0.490 e. The second-order valence-electron chi connectivity index (χ2n) is 9.62. The molecule has 242 valence electrons. The SMILES string of the molecule is Cc1ccc(C(=O)Nc2nccs2)cc1-c1nc(NC[C@@H](C)O)nc2c1CNC(=O)N2c1c(F)cccc1F.O=C(O)C(F)(F)F. The quantitative estimate of drug-likeness (QED) is 0.166. The third-order valence-corrected chi connectivity index (χ3v) is 6.87. The van der Waals surface area contributed by atoms with Gasteiger partial charge in [0.25, 0.3) is 5.91 Å². The highest BCUT2D eigenvalue weighted by molar-refractivity contribution is 7.13. The van der Waals surface area contributed by atoms with Crippen LogP contribution in [0.15, 0.2) is 48.0 Å². The Bertz CT molecular complexity index is 1750. The first-order chi connectivity index (χ1) is 21.7. The largest absolute Gasteiger partial charge is 0.490 e. The van der Waals surface area contributed by atoms with Crippen LogP contribution in [0.3, 0.4) is 0 Å². The molecule has 0 aliphatic carbocycles. The van der Waals surface area contributed by atoms with Crippen LogP contribution in [-0.2, 0) is 11.3 Å². The van der Waals surface area contributed by atoms with E-state index < -0.39 is 41.6 Å². The van der Waals surface area contributed by atoms with Crippen molar-refractivity contribution in [2.45, 2.75) is 32.7 Å². The van der Waals surface area contributed by atoms with Crippen molar-refractivity contribution < 1.29 is 46.5 Å². The van der Waals surface area contributed by atoms with E-state index in [4.69, 9.17) is 9.90 Å². The maximum absolute atomic E-state index is 14.8. The summed E-state index contributed by atoms with van der Waals surface area (Å²) in [5, 5.41) is 27.4. The minimum absolute atomic E-state index is 0.0261. The highest BCUT2D eigenvalue weighted by Gasteiger charge is 2.38. The van der Waals surface area contributed by atoms with Gasteiger partial charge in [-0.2, -0.15) is 18.2 Å². The molecule has 3 amide bonds. The summed E-state index contributed by atoms with van der Waals surface area (Å²) in [7, 11) is 0. The van der Waals surface area contributed by atoms with Crippen LogP contribution in [-0.4, -0.2) is 61.9 Å². The molecule has 0 bridgehead atoms. The van der Waals surface area contributed by atoms with Crippen molar-refractivity contribution in [2.75, 3.05) is 22.1 Å². The van der Waals surface area contributed by atoms with Crippen molar-refractivity contribution in [1.82, 2.24) is 20.3 Å². The number of alkyl halides is 3. The number of thiazole rings is 1. The van der Waals surface area contributed by atoms with Crippen LogP contribution in [0.1, 0.15) is 28.4 Å². The fourth-order valence-corrected chi connectivity index (χ4v) is 4.61. The molecular weight excluding hydrogens is 641 g/mol. The molecule has 0 radical (unpaired) electrons. The van der Waals surface area contributed by atoms with Crippen molar-refractivity contribution in [2.24, 2.45) is 0 Å². The predicted molar refractivity (Wildman–Crippen MR) is 157 cm³/mol. The molecule has 0 spiro atoms. The topological polar surface area (TPSA) is 170 Å². The number of carboxylic acid groups (broad SMARTS) is 1. The number of aliphatic carboxylic acids is 1. The number of nitrogens with zero attached hydrogens (tertiary/aromatic N) is 4. The fourth-order valence-electron chi connectivity index (χ4n) is 4.08. The van der Waals surface area contributed by atoms with Crippen LogP contribution >= 0.6 is 11.3 Å². The first-order valence-corrected chi connectivity index (χ1v) is 14.0. The van der Waals surface area contributed by atoms with Crippen LogP contribution in [0.25, 0.3) is 11.3 Å². The Labute approximate surface area is 260 Å². The van der Waals surface area contributed by atoms with E-state index in [-0.39, 0.29) is 30.8 Å². The number of carbonyl (C=O) groups excluding carboxylic acids is 2. The summed E-state index contributed by atoms with van der Waals surface area (Å²) in [5.74, 6) is -5.05. The van der Waals surface area contributed by atoms with Gasteiger partial charge in [0.05, 0.1) is 18.3 Å². The summed E-state index contributed by atoms with van der Waals surface area (Å²) in [6.07, 6.45) is -4.26. The summed E-state index contributed by atoms with van der Waals surface area (Å²) in [6.45, 7) is 3.44. The van der Waals surface area contributed by atoms with Crippen molar-refractivity contribution in [3.05, 3.63) is 76.3 Å². The Morgan fingerprint density at radius 3 is 2.41 bits per heavy atom. The summed E-state index contributed by atoms with van der Waals surface area (Å²) in [4.78, 5) is 48.7. The number of anilines is 4. The Kier molecular flexibility index (Phi) is 10.1. The van der Waals surface area contributed by atoms with Crippen molar-refractivity contribution in [3.8, 4) is 11.3 Å². The first kappa shape index (κ1) is 33.7. The van der Waals surface area contributed by atoms with Gasteiger partial charge in [-0.05, 0) is 43.7 Å². The van der Waals surface area contributed by atoms with E-state index in [2.05, 4.69) is 30.9 Å². The van der Waals surface area contributed by atoms with E-state index in [1.165, 1.54) is 17.4 Å². The molecule has 1 atom stereocenters. The molecule has 5 N–H and O–H groups in total. The average Bonchev–Trinajstić information content (AvgIpc) is 3.49. The highest BCUT2D eigenvalue weighted by Crippen LogP contribution is 2.39. The molecule has 5 rings (SSSR count). The molecule has 2 aromatic carbocycles. The molecular formula is C28H24F5N7O5S. The number of benzene rings is 2. The standard InChI is InChI=1S/C26H23F2N7O3S.C2HF3O2/c1-13-6-7-15(23(37)34-25-29-8-9-39-25)10-16(13)20-17-12-31-26(38)35(21-18(27)4-3-5-19(21)28)22(17)33-24(32-20)30-11-14(2)36;3-2(4,5)1(6)7/h3-10,14,36H,11-12H2,1-2H3,(H,31,38)(H,29,34,37)(H,30,32,33);(H,6,7)/t14-;/m1./s1. The van der Waals surface area contributed by atoms with Crippen LogP contribution in [0.2, 0.25) is 0 Å². The molecule has 4 aromatic rings. The number of carbonyl (C=O) groups is 3. The Morgan fingerprint density at radius 2 is 1.83 bits per heavy atom. The third kappa shape index (κ3) is 7.70. The van der Waals surface area contributed by atoms with E-state index in [1.807, 2.05) is 6.92 Å². The fraction of sp³-hybridized carbons (Fsp3) is 0.214. The van der Waals surface area contributed by atoms with Gasteiger partial charge in [-0.15, -0.1) is 11.3 Å². The number of nitrogens with one attached hydrogen (secondary N) is 3. The number of hydrogen-bond donors (Lipinski definition) is 5. The third-order valence-electron chi connectivity index (χ3n) is 6.18. The van der Waals surface area contributed by atoms with Gasteiger partial charge in [0.15, 0.2) is 10.9 Å². The molecule has 2 aromatic heterocycles. The molecule has 1 aliphatic heterocycles. The summed E-state index contributed by atoms with van der Waals surface area (Å²) < 4.78 is 61.4. The highest BCUT2D eigenvalue weighted by atomic mass is 32.1. The van der Waals surface area contributed by atoms with Crippen molar-refractivity contribution >= 4 is 51.8 Å². The maximum atomic E-state index is 14.8. The van der Waals surface area contributed by atoms with E-state index in [0.717, 1.165) is 22.6 Å². The van der Waals surface area contributed by atoms with Crippen LogP contribution in [0.4, 0.5) is 49.3 Å². The number of carboxylic acids is 1. The lowest BCUT2D eigenvalue weighted by molar-refractivity contribution is -0.192. The molecule has 1 aliphatic rings. The lowest BCUT2D eigenvalue weighted by Crippen LogP contribution is -2.43. The molecule has 18 heteroatoms. The number of aromatic nitrogens is 3. The van der Waals surface area contributed by atoms with Gasteiger partial charge in [-0.1, -0.05) is 12.1 Å². The lowest BCUT2D eigenvalue weighted by atomic mass is 9.97. The summed E-state index contributed by atoms with van der Waals surface area (Å²) in [6, 6.07) is 7.57. The number of aliphatic hydroxyl groups is 1. The van der Waals surface area contributed by atoms with E-state index in [0.29, 0.717) is 27.5 Å². The zero-order valence-corrected chi connectivity index (χ0v) is 24.6. The van der Waals surface area contributed by atoms with Gasteiger partial charge in [0.2, 0.25) is 5.95 Å². The number of rotatable bonds is 7. The lowest BCUT2D eigenvalue weighted by Gasteiger charge is -2.31. The predicted octanol–water partition coefficient (Wildman–Crippen LogP) is 5.23. The molecule has 0 fully saturated rings. The van der Waals surface area contributed by atoms with E-state index in [1.54, 1.807) is 36.7 Å². The minimum Gasteiger partial charge on any atom is -0.475 e. The number of hydrogen-bond acceptors (Lipinski definition) is 9. The summed E-state index contributed by atoms with van der Waals surface area (Å²) in [5.41, 5.74) is 1.77. The molecule has 0 saturated carbocycles. The normalized spacial score (nSPS) is 13.1. The van der Waals surface area contributed by atoms with E-state index in [9.17, 15) is 36.6 Å². The monoisotopic (exact) mass is 665 g/mol. The van der Waals surface area contributed by atoms with Gasteiger partial charge in [-0.3, -0.25) is 10.1 Å². The molecule has 46 heavy (non-hydrogen) atoms. The van der Waals surface area contributed by atoms with Crippen LogP contribution in [0.5, 0.6) is 0 Å². The second-order valence-corrected chi connectivity index (χ2v) is 10.5. The summed E-state index contributed by atoms with van der Waals surface area (Å²) >= 11 is 1.28. The van der Waals surface area contributed by atoms with Crippen LogP contribution < -0.4 is 20.9 Å². The van der Waals surface area contributed by atoms with Gasteiger partial charge in [0.1, 0.15) is 17.3 Å². The first-order valence-electron chi connectivity index (χ1n) is 13.1. The number of aliphatic hydroxyl groups excluding tert-OH is 1. The Hall–Kier alpha value is -5.23. The number of urea groups is 1. The molecule has 12 nitrogen and oxygen atoms in total. The molecule has 3 heterocycles. The average molecular weight is 666 g/mol. The van der Waals surface area contributed by atoms with Crippen LogP contribution in [0, 0.1) is 18.6 Å². The Morgan fingerprint density at radius 1 is 1.15 bits per heavy atom. The van der Waals surface area contributed by atoms with Gasteiger partial charge in [0, 0.05) is 34.8 Å². The molecule has 0 saturated heterocycles. The van der Waals surface area contributed by atoms with Gasteiger partial charge >= 0.3 is 18.2 Å². The van der Waals surface area contributed by atoms with Crippen molar-refractivity contribution in [1.29, 1.82) is 0 Å². The number of halogens is 5. The number of aryl methyl sites for hydroxylation is 1. The van der Waals surface area contributed by atoms with Crippen molar-refractivity contribution in [3.63, 3.8) is 0 Å². The smallest absolute Gasteiger partial charge is 0.475 e. The van der Waals surface area contributed by atoms with Gasteiger partial charge in [-0.25, -0.2) is 33.2 Å². The molecule has 0 unspecified atom stereocenters.